The van der Waals surface area contributed by atoms with Crippen molar-refractivity contribution >= 4 is 41.2 Å². The first-order valence-electron chi connectivity index (χ1n) is 6.85. The quantitative estimate of drug-likeness (QED) is 0.642. The monoisotopic (exact) mass is 349 g/mol. The number of hydrogen-bond donors (Lipinski definition) is 2. The average Bonchev–Trinajstić information content (AvgIpc) is 2.93. The largest absolute Gasteiger partial charge is 0.326 e. The average molecular weight is 350 g/mol. The van der Waals surface area contributed by atoms with E-state index in [0.29, 0.717) is 10.0 Å². The Hall–Kier alpha value is -2.24. The third-order valence-electron chi connectivity index (χ3n) is 3.64. The lowest BCUT2D eigenvalue weighted by atomic mass is 10.2. The van der Waals surface area contributed by atoms with Crippen molar-refractivity contribution in [3.8, 4) is 5.69 Å². The van der Waals surface area contributed by atoms with Gasteiger partial charge in [-0.3, -0.25) is 10.1 Å². The van der Waals surface area contributed by atoms with Crippen LogP contribution in [-0.4, -0.2) is 16.5 Å². The van der Waals surface area contributed by atoms with Gasteiger partial charge in [0.25, 0.3) is 5.91 Å². The van der Waals surface area contributed by atoms with Gasteiger partial charge in [0, 0.05) is 16.4 Å². The summed E-state index contributed by atoms with van der Waals surface area (Å²) >= 11 is 12.3. The smallest absolute Gasteiger partial charge is 0.316 e. The first kappa shape index (κ1) is 15.6. The normalized spacial score (nSPS) is 15.9. The minimum Gasteiger partial charge on any atom is -0.316 e. The molecule has 0 unspecified atom stereocenters. The summed E-state index contributed by atoms with van der Waals surface area (Å²) < 4.78 is 1.95. The van der Waals surface area contributed by atoms with Crippen LogP contribution in [-0.2, 0) is 4.79 Å². The Labute approximate surface area is 142 Å². The molecule has 7 heteroatoms. The lowest BCUT2D eigenvalue weighted by Gasteiger charge is -2.12. The number of benzene rings is 1. The first-order chi connectivity index (χ1) is 10.9. The summed E-state index contributed by atoms with van der Waals surface area (Å²) in [7, 11) is 0. The van der Waals surface area contributed by atoms with E-state index in [1.165, 1.54) is 0 Å². The second-order valence-corrected chi connectivity index (χ2v) is 6.07. The second kappa shape index (κ2) is 5.76. The van der Waals surface area contributed by atoms with Crippen LogP contribution in [0.2, 0.25) is 10.0 Å². The Kier molecular flexibility index (Phi) is 3.92. The molecule has 0 aliphatic carbocycles. The third kappa shape index (κ3) is 2.85. The van der Waals surface area contributed by atoms with E-state index in [9.17, 15) is 9.59 Å². The number of amides is 3. The number of halogens is 2. The molecule has 23 heavy (non-hydrogen) atoms. The van der Waals surface area contributed by atoms with E-state index in [4.69, 9.17) is 23.2 Å². The van der Waals surface area contributed by atoms with Gasteiger partial charge in [0.2, 0.25) is 0 Å². The van der Waals surface area contributed by atoms with Gasteiger partial charge in [0.1, 0.15) is 5.70 Å². The van der Waals surface area contributed by atoms with Gasteiger partial charge in [0.15, 0.2) is 0 Å². The number of aromatic nitrogens is 1. The molecular formula is C16H13Cl2N3O2. The topological polar surface area (TPSA) is 63.1 Å². The molecule has 1 aromatic heterocycles. The summed E-state index contributed by atoms with van der Waals surface area (Å²) in [6.45, 7) is 3.84. The van der Waals surface area contributed by atoms with Crippen LogP contribution >= 0.6 is 23.2 Å². The molecule has 118 valence electrons. The van der Waals surface area contributed by atoms with Crippen molar-refractivity contribution in [3.05, 3.63) is 57.0 Å². The first-order valence-corrected chi connectivity index (χ1v) is 7.61. The fraction of sp³-hybridized carbons (Fsp3) is 0.125. The van der Waals surface area contributed by atoms with Crippen LogP contribution in [0.15, 0.2) is 30.0 Å². The fourth-order valence-corrected chi connectivity index (χ4v) is 2.97. The minimum absolute atomic E-state index is 0.215. The maximum Gasteiger partial charge on any atom is 0.326 e. The number of carbonyl (C=O) groups is 2. The van der Waals surface area contributed by atoms with Gasteiger partial charge in [0.05, 0.1) is 10.7 Å². The third-order valence-corrected chi connectivity index (χ3v) is 4.19. The highest BCUT2D eigenvalue weighted by Gasteiger charge is 2.23. The highest BCUT2D eigenvalue weighted by molar-refractivity contribution is 6.34. The summed E-state index contributed by atoms with van der Waals surface area (Å²) in [5.41, 5.74) is 3.61. The Morgan fingerprint density at radius 3 is 2.48 bits per heavy atom. The summed E-state index contributed by atoms with van der Waals surface area (Å²) in [5, 5.41) is 5.80. The van der Waals surface area contributed by atoms with E-state index in [-0.39, 0.29) is 5.70 Å². The predicted octanol–water partition coefficient (Wildman–Crippen LogP) is 3.58. The summed E-state index contributed by atoms with van der Waals surface area (Å²) in [6, 6.07) is 6.64. The molecule has 1 fully saturated rings. The summed E-state index contributed by atoms with van der Waals surface area (Å²) in [4.78, 5) is 22.8. The maximum atomic E-state index is 11.7. The number of rotatable bonds is 2. The van der Waals surface area contributed by atoms with E-state index in [1.54, 1.807) is 24.3 Å². The number of imide groups is 1. The van der Waals surface area contributed by atoms with E-state index in [1.807, 2.05) is 24.5 Å². The zero-order valence-electron chi connectivity index (χ0n) is 12.4. The van der Waals surface area contributed by atoms with Crippen molar-refractivity contribution in [1.29, 1.82) is 0 Å². The molecule has 5 nitrogen and oxygen atoms in total. The molecule has 3 amide bonds. The Bertz CT molecular complexity index is 868. The van der Waals surface area contributed by atoms with Crippen LogP contribution in [0.25, 0.3) is 11.8 Å². The Morgan fingerprint density at radius 2 is 1.83 bits per heavy atom. The van der Waals surface area contributed by atoms with Gasteiger partial charge < -0.3 is 9.88 Å². The van der Waals surface area contributed by atoms with Crippen molar-refractivity contribution in [3.63, 3.8) is 0 Å². The molecule has 2 aromatic rings. The molecule has 0 atom stereocenters. The number of hydrogen-bond acceptors (Lipinski definition) is 2. The van der Waals surface area contributed by atoms with E-state index in [2.05, 4.69) is 10.6 Å². The number of carbonyl (C=O) groups excluding carboxylic acids is 2. The molecule has 0 saturated carbocycles. The van der Waals surface area contributed by atoms with E-state index in [0.717, 1.165) is 22.6 Å². The maximum absolute atomic E-state index is 11.7. The number of aryl methyl sites for hydroxylation is 1. The molecule has 0 bridgehead atoms. The van der Waals surface area contributed by atoms with Crippen molar-refractivity contribution in [2.24, 2.45) is 0 Å². The van der Waals surface area contributed by atoms with Gasteiger partial charge in [-0.15, -0.1) is 0 Å². The molecule has 1 aliphatic heterocycles. The number of nitrogens with zero attached hydrogens (tertiary/aromatic N) is 1. The van der Waals surface area contributed by atoms with Gasteiger partial charge in [-0.1, -0.05) is 23.2 Å². The van der Waals surface area contributed by atoms with Crippen molar-refractivity contribution in [2.45, 2.75) is 13.8 Å². The van der Waals surface area contributed by atoms with Gasteiger partial charge in [-0.2, -0.15) is 0 Å². The molecular weight excluding hydrogens is 337 g/mol. The molecule has 0 spiro atoms. The van der Waals surface area contributed by atoms with Gasteiger partial charge in [-0.25, -0.2) is 4.79 Å². The molecule has 1 aromatic carbocycles. The van der Waals surface area contributed by atoms with Crippen LogP contribution < -0.4 is 10.6 Å². The van der Waals surface area contributed by atoms with Crippen molar-refractivity contribution in [2.75, 3.05) is 0 Å². The molecule has 3 rings (SSSR count). The fourth-order valence-electron chi connectivity index (χ4n) is 2.60. The van der Waals surface area contributed by atoms with Crippen molar-refractivity contribution < 1.29 is 9.59 Å². The number of nitrogens with one attached hydrogen (secondary N) is 2. The summed E-state index contributed by atoms with van der Waals surface area (Å²) in [6.07, 6.45) is 1.64. The van der Waals surface area contributed by atoms with E-state index < -0.39 is 11.9 Å². The Balaban J connectivity index is 2.10. The Morgan fingerprint density at radius 1 is 1.09 bits per heavy atom. The van der Waals surface area contributed by atoms with Gasteiger partial charge >= 0.3 is 6.03 Å². The highest BCUT2D eigenvalue weighted by atomic mass is 35.5. The SMILES string of the molecule is Cc1cc(/C=C2\NC(=O)NC2=O)c(C)n1-c1cc(Cl)ccc1Cl. The molecule has 2 N–H and O–H groups in total. The van der Waals surface area contributed by atoms with Gasteiger partial charge in [-0.05, 0) is 49.8 Å². The lowest BCUT2D eigenvalue weighted by molar-refractivity contribution is -0.115. The second-order valence-electron chi connectivity index (χ2n) is 5.22. The summed E-state index contributed by atoms with van der Waals surface area (Å²) in [5.74, 6) is -0.444. The zero-order chi connectivity index (χ0) is 16.7. The lowest BCUT2D eigenvalue weighted by Crippen LogP contribution is -2.22. The van der Waals surface area contributed by atoms with Crippen molar-refractivity contribution in [1.82, 2.24) is 15.2 Å². The van der Waals surface area contributed by atoms with Crippen LogP contribution in [0.5, 0.6) is 0 Å². The molecule has 0 radical (unpaired) electrons. The molecule has 1 saturated heterocycles. The van der Waals surface area contributed by atoms with E-state index >= 15 is 0 Å². The predicted molar refractivity (Wildman–Crippen MR) is 89.9 cm³/mol. The standard InChI is InChI=1S/C16H13Cl2N3O2/c1-8-5-10(6-13-15(22)20-16(23)19-13)9(2)21(8)14-7-11(17)3-4-12(14)18/h3-7H,1-2H3,(H2,19,20,22,23)/b13-6-. The zero-order valence-corrected chi connectivity index (χ0v) is 13.9. The van der Waals surface area contributed by atoms with Crippen LogP contribution in [0.4, 0.5) is 4.79 Å². The molecule has 1 aliphatic rings. The van der Waals surface area contributed by atoms with Crippen LogP contribution in [0.1, 0.15) is 17.0 Å². The highest BCUT2D eigenvalue weighted by Crippen LogP contribution is 2.29. The van der Waals surface area contributed by atoms with Crippen LogP contribution in [0.3, 0.4) is 0 Å². The molecule has 2 heterocycles. The van der Waals surface area contributed by atoms with Crippen LogP contribution in [0, 0.1) is 13.8 Å². The number of urea groups is 1. The minimum atomic E-state index is -0.520.